The number of halogens is 1. The van der Waals surface area contributed by atoms with Gasteiger partial charge in [0.05, 0.1) is 24.9 Å². The summed E-state index contributed by atoms with van der Waals surface area (Å²) < 4.78 is 12.6. The van der Waals surface area contributed by atoms with Crippen molar-refractivity contribution in [3.63, 3.8) is 0 Å². The number of aromatic nitrogens is 2. The second-order valence-corrected chi connectivity index (χ2v) is 3.53. The topological polar surface area (TPSA) is 52.8 Å². The van der Waals surface area contributed by atoms with Gasteiger partial charge in [0.15, 0.2) is 5.82 Å². The van der Waals surface area contributed by atoms with E-state index < -0.39 is 5.82 Å². The van der Waals surface area contributed by atoms with E-state index >= 15 is 0 Å². The summed E-state index contributed by atoms with van der Waals surface area (Å²) in [6, 6.07) is 2.52. The predicted octanol–water partition coefficient (Wildman–Crippen LogP) is 1.50. The van der Waals surface area contributed by atoms with E-state index in [4.69, 9.17) is 5.26 Å². The van der Waals surface area contributed by atoms with E-state index in [2.05, 4.69) is 16.0 Å². The van der Waals surface area contributed by atoms with Gasteiger partial charge in [-0.1, -0.05) is 0 Å². The smallest absolute Gasteiger partial charge is 0.225 e. The lowest BCUT2D eigenvalue weighted by Gasteiger charge is -2.20. The lowest BCUT2D eigenvalue weighted by Crippen LogP contribution is -2.28. The molecule has 0 bridgehead atoms. The average molecular weight is 206 g/mol. The maximum atomic E-state index is 12.6. The first-order valence-corrected chi connectivity index (χ1v) is 4.92. The Morgan fingerprint density at radius 3 is 2.67 bits per heavy atom. The van der Waals surface area contributed by atoms with Gasteiger partial charge in [-0.3, -0.25) is 0 Å². The molecule has 78 valence electrons. The van der Waals surface area contributed by atoms with Gasteiger partial charge in [-0.15, -0.1) is 0 Å². The fourth-order valence-electron chi connectivity index (χ4n) is 1.46. The number of hydrogen-bond acceptors (Lipinski definition) is 4. The van der Waals surface area contributed by atoms with Crippen LogP contribution in [0.15, 0.2) is 12.4 Å². The van der Waals surface area contributed by atoms with Crippen LogP contribution in [0.3, 0.4) is 0 Å². The fraction of sp³-hybridized carbons (Fsp3) is 0.500. The predicted molar refractivity (Wildman–Crippen MR) is 52.6 cm³/mol. The van der Waals surface area contributed by atoms with Gasteiger partial charge < -0.3 is 4.90 Å². The molecular formula is C10H11FN4. The Hall–Kier alpha value is -1.70. The van der Waals surface area contributed by atoms with Gasteiger partial charge in [-0.25, -0.2) is 14.4 Å². The minimum Gasteiger partial charge on any atom is -0.337 e. The molecular weight excluding hydrogens is 195 g/mol. The van der Waals surface area contributed by atoms with Gasteiger partial charge >= 0.3 is 0 Å². The number of hydrogen-bond donors (Lipinski definition) is 0. The molecule has 0 spiro atoms. The fourth-order valence-corrected chi connectivity index (χ4v) is 1.46. The van der Waals surface area contributed by atoms with Crippen LogP contribution in [0, 0.1) is 17.1 Å². The number of nitriles is 1. The summed E-state index contributed by atoms with van der Waals surface area (Å²) >= 11 is 0. The second-order valence-electron chi connectivity index (χ2n) is 3.53. The Balaban J connectivity index is 2.10. The molecule has 0 N–H and O–H groups in total. The van der Waals surface area contributed by atoms with Crippen molar-refractivity contribution >= 4 is 5.95 Å². The third kappa shape index (κ3) is 2.40. The van der Waals surface area contributed by atoms with E-state index in [1.165, 1.54) is 0 Å². The maximum Gasteiger partial charge on any atom is 0.225 e. The molecule has 1 aliphatic rings. The standard InChI is InChI=1S/C10H11FN4/c11-8-6-13-10(14-7-8)15(5-1-4-12)9-2-3-9/h6-7,9H,1-3,5H2. The lowest BCUT2D eigenvalue weighted by atomic mass is 10.4. The quantitative estimate of drug-likeness (QED) is 0.749. The average Bonchev–Trinajstić information content (AvgIpc) is 3.05. The monoisotopic (exact) mass is 206 g/mol. The highest BCUT2D eigenvalue weighted by Gasteiger charge is 2.30. The molecule has 0 radical (unpaired) electrons. The molecule has 0 aromatic carbocycles. The van der Waals surface area contributed by atoms with E-state index in [0.717, 1.165) is 25.2 Å². The molecule has 1 aromatic heterocycles. The molecule has 1 aliphatic carbocycles. The van der Waals surface area contributed by atoms with Crippen molar-refractivity contribution < 1.29 is 4.39 Å². The van der Waals surface area contributed by atoms with E-state index in [-0.39, 0.29) is 0 Å². The van der Waals surface area contributed by atoms with E-state index in [1.54, 1.807) is 0 Å². The minimum absolute atomic E-state index is 0.434. The Bertz CT molecular complexity index is 366. The first-order chi connectivity index (χ1) is 7.31. The Morgan fingerprint density at radius 1 is 1.47 bits per heavy atom. The van der Waals surface area contributed by atoms with Crippen LogP contribution in [0.25, 0.3) is 0 Å². The Kier molecular flexibility index (Phi) is 2.77. The normalized spacial score (nSPS) is 14.7. The largest absolute Gasteiger partial charge is 0.337 e. The maximum absolute atomic E-state index is 12.6. The first-order valence-electron chi connectivity index (χ1n) is 4.92. The van der Waals surface area contributed by atoms with Gasteiger partial charge in [0.2, 0.25) is 5.95 Å². The molecule has 0 atom stereocenters. The molecule has 5 heteroatoms. The molecule has 0 saturated heterocycles. The Morgan fingerprint density at radius 2 is 2.13 bits per heavy atom. The number of nitrogens with zero attached hydrogens (tertiary/aromatic N) is 4. The van der Waals surface area contributed by atoms with Gasteiger partial charge in [0, 0.05) is 12.6 Å². The zero-order chi connectivity index (χ0) is 10.7. The van der Waals surface area contributed by atoms with Crippen molar-refractivity contribution in [1.82, 2.24) is 9.97 Å². The van der Waals surface area contributed by atoms with E-state index in [9.17, 15) is 4.39 Å². The van der Waals surface area contributed by atoms with Crippen molar-refractivity contribution in [2.45, 2.75) is 25.3 Å². The Labute approximate surface area is 87.4 Å². The summed E-state index contributed by atoms with van der Waals surface area (Å²) in [6.45, 7) is 0.618. The molecule has 15 heavy (non-hydrogen) atoms. The number of rotatable bonds is 4. The van der Waals surface area contributed by atoms with Crippen LogP contribution in [-0.2, 0) is 0 Å². The van der Waals surface area contributed by atoms with Crippen LogP contribution < -0.4 is 4.90 Å². The molecule has 1 heterocycles. The van der Waals surface area contributed by atoms with E-state index in [1.807, 2.05) is 4.90 Å². The van der Waals surface area contributed by atoms with Crippen molar-refractivity contribution in [3.8, 4) is 6.07 Å². The van der Waals surface area contributed by atoms with Gasteiger partial charge in [-0.2, -0.15) is 5.26 Å². The zero-order valence-corrected chi connectivity index (χ0v) is 8.23. The van der Waals surface area contributed by atoms with Crippen molar-refractivity contribution in [1.29, 1.82) is 5.26 Å². The highest BCUT2D eigenvalue weighted by Crippen LogP contribution is 2.29. The van der Waals surface area contributed by atoms with Gasteiger partial charge in [0.1, 0.15) is 0 Å². The molecule has 4 nitrogen and oxygen atoms in total. The van der Waals surface area contributed by atoms with Crippen molar-refractivity contribution in [2.24, 2.45) is 0 Å². The SMILES string of the molecule is N#CCCN(c1ncc(F)cn1)C1CC1. The molecule has 2 rings (SSSR count). The van der Waals surface area contributed by atoms with Crippen LogP contribution in [0.4, 0.5) is 10.3 Å². The second kappa shape index (κ2) is 4.22. The number of anilines is 1. The van der Waals surface area contributed by atoms with Crippen molar-refractivity contribution in [2.75, 3.05) is 11.4 Å². The van der Waals surface area contributed by atoms with Crippen LogP contribution in [0.5, 0.6) is 0 Å². The van der Waals surface area contributed by atoms with Crippen LogP contribution >= 0.6 is 0 Å². The molecule has 1 fully saturated rings. The summed E-state index contributed by atoms with van der Waals surface area (Å²) in [4.78, 5) is 9.82. The van der Waals surface area contributed by atoms with E-state index in [0.29, 0.717) is 25.0 Å². The van der Waals surface area contributed by atoms with Crippen LogP contribution in [0.2, 0.25) is 0 Å². The molecule has 0 unspecified atom stereocenters. The van der Waals surface area contributed by atoms with Gasteiger partial charge in [0.25, 0.3) is 0 Å². The highest BCUT2D eigenvalue weighted by atomic mass is 19.1. The minimum atomic E-state index is -0.435. The molecule has 0 aliphatic heterocycles. The highest BCUT2D eigenvalue weighted by molar-refractivity contribution is 5.33. The van der Waals surface area contributed by atoms with Crippen molar-refractivity contribution in [3.05, 3.63) is 18.2 Å². The molecule has 1 saturated carbocycles. The van der Waals surface area contributed by atoms with Crippen LogP contribution in [0.1, 0.15) is 19.3 Å². The van der Waals surface area contributed by atoms with Gasteiger partial charge in [-0.05, 0) is 12.8 Å². The summed E-state index contributed by atoms with van der Waals surface area (Å²) in [5.74, 6) is 0.0870. The molecule has 0 amide bonds. The summed E-state index contributed by atoms with van der Waals surface area (Å²) in [5, 5.41) is 8.53. The third-order valence-corrected chi connectivity index (χ3v) is 2.32. The summed E-state index contributed by atoms with van der Waals surface area (Å²) in [7, 11) is 0. The lowest BCUT2D eigenvalue weighted by molar-refractivity contribution is 0.610. The zero-order valence-electron chi connectivity index (χ0n) is 8.23. The summed E-state index contributed by atoms with van der Waals surface area (Å²) in [5.41, 5.74) is 0. The third-order valence-electron chi connectivity index (χ3n) is 2.32. The van der Waals surface area contributed by atoms with Crippen LogP contribution in [-0.4, -0.2) is 22.6 Å². The first kappa shape index (κ1) is 9.84. The summed E-state index contributed by atoms with van der Waals surface area (Å²) in [6.07, 6.45) is 4.96. The molecule has 1 aromatic rings.